The molecule has 0 amide bonds. The van der Waals surface area contributed by atoms with Gasteiger partial charge in [0.25, 0.3) is 0 Å². The van der Waals surface area contributed by atoms with Gasteiger partial charge in [0, 0.05) is 30.6 Å². The van der Waals surface area contributed by atoms with Crippen LogP contribution in [0, 0.1) is 0 Å². The molecule has 0 aromatic carbocycles. The van der Waals surface area contributed by atoms with Gasteiger partial charge in [-0.1, -0.05) is 6.42 Å². The Kier molecular flexibility index (Phi) is 6.22. The predicted molar refractivity (Wildman–Crippen MR) is 95.1 cm³/mol. The van der Waals surface area contributed by atoms with E-state index in [0.29, 0.717) is 12.1 Å². The number of nitrogens with one attached hydrogen (secondary N) is 1. The van der Waals surface area contributed by atoms with E-state index in [0.717, 1.165) is 32.0 Å². The van der Waals surface area contributed by atoms with Gasteiger partial charge in [-0.3, -0.25) is 4.98 Å². The molecule has 1 aliphatic heterocycles. The first-order valence-electron chi connectivity index (χ1n) is 8.92. The Hall–Kier alpha value is -2.26. The zero-order valence-electron chi connectivity index (χ0n) is 14.8. The van der Waals surface area contributed by atoms with E-state index in [-0.39, 0.29) is 18.2 Å². The Balaban J connectivity index is 1.84. The van der Waals surface area contributed by atoms with Crippen LogP contribution in [0.2, 0.25) is 0 Å². The largest absolute Gasteiger partial charge is 0.433 e. The molecule has 2 aromatic rings. The van der Waals surface area contributed by atoms with Gasteiger partial charge in [-0.15, -0.1) is 0 Å². The average Bonchev–Trinajstić information content (AvgIpc) is 2.68. The van der Waals surface area contributed by atoms with Crippen LogP contribution in [-0.4, -0.2) is 57.2 Å². The first-order valence-corrected chi connectivity index (χ1v) is 8.92. The topological polar surface area (TPSA) is 74.2 Å². The molecule has 0 unspecified atom stereocenters. The molecular formula is C18H22F3N5O. The molecule has 146 valence electrons. The molecule has 1 fully saturated rings. The fraction of sp³-hybridized carbons (Fsp3) is 0.500. The number of pyridine rings is 1. The Morgan fingerprint density at radius 2 is 1.81 bits per heavy atom. The number of hydrogen-bond donors (Lipinski definition) is 2. The minimum absolute atomic E-state index is 0.0376. The van der Waals surface area contributed by atoms with Gasteiger partial charge in [-0.2, -0.15) is 13.2 Å². The summed E-state index contributed by atoms with van der Waals surface area (Å²) in [6.45, 7) is 2.20. The molecule has 6 nitrogen and oxygen atoms in total. The van der Waals surface area contributed by atoms with Crippen molar-refractivity contribution in [1.82, 2.24) is 19.9 Å². The van der Waals surface area contributed by atoms with Gasteiger partial charge in [0.1, 0.15) is 5.82 Å². The molecular weight excluding hydrogens is 359 g/mol. The van der Waals surface area contributed by atoms with E-state index in [1.165, 1.54) is 18.8 Å². The van der Waals surface area contributed by atoms with Crippen molar-refractivity contribution in [3.63, 3.8) is 0 Å². The standard InChI is InChI=1S/C18H22F3N5O/c19-18(20,21)15-10-16(25-17(24-15)13-4-6-22-7-5-13)23-14(12-27)11-26-8-2-1-3-9-26/h4-7,10,14,27H,1-3,8-9,11-12H2,(H,23,24,25)/t14-/m1/s1. The van der Waals surface area contributed by atoms with E-state index in [9.17, 15) is 18.3 Å². The highest BCUT2D eigenvalue weighted by Crippen LogP contribution is 2.30. The SMILES string of the molecule is OC[C@@H](CN1CCCCC1)Nc1cc(C(F)(F)F)nc(-c2ccncc2)n1. The molecule has 9 heteroatoms. The van der Waals surface area contributed by atoms with E-state index >= 15 is 0 Å². The summed E-state index contributed by atoms with van der Waals surface area (Å²) in [4.78, 5) is 13.9. The highest BCUT2D eigenvalue weighted by atomic mass is 19.4. The lowest BCUT2D eigenvalue weighted by atomic mass is 10.1. The Morgan fingerprint density at radius 3 is 2.44 bits per heavy atom. The van der Waals surface area contributed by atoms with Crippen LogP contribution >= 0.6 is 0 Å². The second-order valence-corrected chi connectivity index (χ2v) is 6.58. The van der Waals surface area contributed by atoms with Crippen LogP contribution < -0.4 is 5.32 Å². The molecule has 1 saturated heterocycles. The Morgan fingerprint density at radius 1 is 1.11 bits per heavy atom. The van der Waals surface area contributed by atoms with Crippen molar-refractivity contribution in [1.29, 1.82) is 0 Å². The molecule has 1 aliphatic rings. The molecule has 1 atom stereocenters. The lowest BCUT2D eigenvalue weighted by Gasteiger charge is -2.30. The number of nitrogens with zero attached hydrogens (tertiary/aromatic N) is 4. The molecule has 0 spiro atoms. The summed E-state index contributed by atoms with van der Waals surface area (Å²) >= 11 is 0. The van der Waals surface area contributed by atoms with Gasteiger partial charge in [-0.05, 0) is 38.1 Å². The number of anilines is 1. The van der Waals surface area contributed by atoms with Crippen molar-refractivity contribution >= 4 is 5.82 Å². The quantitative estimate of drug-likeness (QED) is 0.802. The summed E-state index contributed by atoms with van der Waals surface area (Å²) in [6, 6.07) is 3.57. The fourth-order valence-corrected chi connectivity index (χ4v) is 3.11. The third-order valence-electron chi connectivity index (χ3n) is 4.45. The van der Waals surface area contributed by atoms with Crippen LogP contribution in [0.1, 0.15) is 25.0 Å². The van der Waals surface area contributed by atoms with Crippen molar-refractivity contribution in [3.05, 3.63) is 36.3 Å². The van der Waals surface area contributed by atoms with Gasteiger partial charge >= 0.3 is 6.18 Å². The molecule has 0 aliphatic carbocycles. The van der Waals surface area contributed by atoms with E-state index in [2.05, 4.69) is 25.2 Å². The molecule has 0 radical (unpaired) electrons. The van der Waals surface area contributed by atoms with Crippen molar-refractivity contribution in [2.24, 2.45) is 0 Å². The van der Waals surface area contributed by atoms with Crippen molar-refractivity contribution in [3.8, 4) is 11.4 Å². The van der Waals surface area contributed by atoms with Crippen LogP contribution in [0.4, 0.5) is 19.0 Å². The van der Waals surface area contributed by atoms with Crippen LogP contribution in [-0.2, 0) is 6.18 Å². The number of rotatable bonds is 6. The Bertz CT molecular complexity index is 736. The number of hydrogen-bond acceptors (Lipinski definition) is 6. The third-order valence-corrected chi connectivity index (χ3v) is 4.45. The number of likely N-dealkylation sites (tertiary alicyclic amines) is 1. The molecule has 3 rings (SSSR count). The van der Waals surface area contributed by atoms with Gasteiger partial charge < -0.3 is 15.3 Å². The van der Waals surface area contributed by atoms with Gasteiger partial charge in [0.2, 0.25) is 0 Å². The summed E-state index contributed by atoms with van der Waals surface area (Å²) in [5.74, 6) is 0.00424. The first kappa shape index (κ1) is 19.5. The van der Waals surface area contributed by atoms with E-state index < -0.39 is 17.9 Å². The lowest BCUT2D eigenvalue weighted by Crippen LogP contribution is -2.41. The highest BCUT2D eigenvalue weighted by Gasteiger charge is 2.34. The van der Waals surface area contributed by atoms with Crippen molar-refractivity contribution in [2.45, 2.75) is 31.5 Å². The number of alkyl halides is 3. The van der Waals surface area contributed by atoms with Crippen LogP contribution in [0.15, 0.2) is 30.6 Å². The van der Waals surface area contributed by atoms with Crippen LogP contribution in [0.3, 0.4) is 0 Å². The Labute approximate surface area is 155 Å². The summed E-state index contributed by atoms with van der Waals surface area (Å²) in [5, 5.41) is 12.6. The summed E-state index contributed by atoms with van der Waals surface area (Å²) < 4.78 is 39.8. The molecule has 27 heavy (non-hydrogen) atoms. The van der Waals surface area contributed by atoms with Gasteiger partial charge in [0.05, 0.1) is 12.6 Å². The molecule has 3 heterocycles. The van der Waals surface area contributed by atoms with Gasteiger partial charge in [0.15, 0.2) is 11.5 Å². The van der Waals surface area contributed by atoms with Gasteiger partial charge in [-0.25, -0.2) is 9.97 Å². The summed E-state index contributed by atoms with van der Waals surface area (Å²) in [7, 11) is 0. The molecule has 2 aromatic heterocycles. The molecule has 2 N–H and O–H groups in total. The number of halogens is 3. The number of aromatic nitrogens is 3. The number of aliphatic hydroxyl groups excluding tert-OH is 1. The second-order valence-electron chi connectivity index (χ2n) is 6.58. The van der Waals surface area contributed by atoms with Crippen LogP contribution in [0.25, 0.3) is 11.4 Å². The maximum absolute atomic E-state index is 13.3. The van der Waals surface area contributed by atoms with E-state index in [1.54, 1.807) is 12.1 Å². The van der Waals surface area contributed by atoms with Crippen molar-refractivity contribution in [2.75, 3.05) is 31.6 Å². The third kappa shape index (κ3) is 5.36. The fourth-order valence-electron chi connectivity index (χ4n) is 3.11. The second kappa shape index (κ2) is 8.62. The summed E-state index contributed by atoms with van der Waals surface area (Å²) in [5.41, 5.74) is -0.586. The maximum atomic E-state index is 13.3. The predicted octanol–water partition coefficient (Wildman–Crippen LogP) is 2.82. The number of aliphatic hydroxyl groups is 1. The minimum Gasteiger partial charge on any atom is -0.394 e. The van der Waals surface area contributed by atoms with E-state index in [1.807, 2.05) is 0 Å². The normalized spacial score (nSPS) is 16.9. The smallest absolute Gasteiger partial charge is 0.394 e. The molecule has 0 bridgehead atoms. The monoisotopic (exact) mass is 381 g/mol. The maximum Gasteiger partial charge on any atom is 0.433 e. The first-order chi connectivity index (χ1) is 13.0. The van der Waals surface area contributed by atoms with Crippen LogP contribution in [0.5, 0.6) is 0 Å². The average molecular weight is 381 g/mol. The number of piperidine rings is 1. The minimum atomic E-state index is -4.59. The summed E-state index contributed by atoms with van der Waals surface area (Å²) in [6.07, 6.45) is 1.72. The molecule has 0 saturated carbocycles. The zero-order valence-corrected chi connectivity index (χ0v) is 14.8. The lowest BCUT2D eigenvalue weighted by molar-refractivity contribution is -0.141. The highest BCUT2D eigenvalue weighted by molar-refractivity contribution is 5.57. The van der Waals surface area contributed by atoms with Crippen molar-refractivity contribution < 1.29 is 18.3 Å². The van der Waals surface area contributed by atoms with E-state index in [4.69, 9.17) is 0 Å². The zero-order chi connectivity index (χ0) is 19.3.